The van der Waals surface area contributed by atoms with Crippen LogP contribution in [0.2, 0.25) is 0 Å². The summed E-state index contributed by atoms with van der Waals surface area (Å²) in [4.78, 5) is 14.5. The molecular weight excluding hydrogens is 252 g/mol. The van der Waals surface area contributed by atoms with Crippen LogP contribution in [0.3, 0.4) is 0 Å². The monoisotopic (exact) mass is 271 g/mol. The van der Waals surface area contributed by atoms with Crippen LogP contribution < -0.4 is 5.84 Å². The van der Waals surface area contributed by atoms with E-state index in [2.05, 4.69) is 0 Å². The molecule has 2 heterocycles. The minimum atomic E-state index is -2.48. The zero-order chi connectivity index (χ0) is 13.4. The fraction of sp³-hybridized carbons (Fsp3) is 0.923. The summed E-state index contributed by atoms with van der Waals surface area (Å²) in [6.45, 7) is 1.44. The Balaban J connectivity index is 1.45. The normalized spacial score (nSPS) is 47.3. The van der Waals surface area contributed by atoms with E-state index in [1.54, 1.807) is 5.01 Å². The Morgan fingerprint density at radius 3 is 2.16 bits per heavy atom. The molecule has 2 bridgehead atoms. The molecule has 2 saturated heterocycles. The standard InChI is InChI=1S/C13H19F2N3O/c14-13(15)10-3-7(4-11(10)13)12(19)18-8-1-2-9(18)6-17(16)5-8/h7-11H,1-6,16H2. The molecular formula is C13H19F2N3O. The van der Waals surface area contributed by atoms with Crippen LogP contribution in [0.1, 0.15) is 25.7 Å². The predicted octanol–water partition coefficient (Wildman–Crippen LogP) is 0.827. The number of alkyl halides is 2. The average molecular weight is 271 g/mol. The van der Waals surface area contributed by atoms with Gasteiger partial charge in [0.1, 0.15) is 0 Å². The molecule has 6 heteroatoms. The van der Waals surface area contributed by atoms with Crippen molar-refractivity contribution in [3.8, 4) is 0 Å². The fourth-order valence-corrected chi connectivity index (χ4v) is 4.52. The van der Waals surface area contributed by atoms with Gasteiger partial charge in [-0.2, -0.15) is 0 Å². The lowest BCUT2D eigenvalue weighted by Crippen LogP contribution is -2.58. The molecule has 2 aliphatic heterocycles. The fourth-order valence-electron chi connectivity index (χ4n) is 4.52. The smallest absolute Gasteiger partial charge is 0.254 e. The number of halogens is 2. The van der Waals surface area contributed by atoms with Gasteiger partial charge in [-0.3, -0.25) is 10.6 Å². The van der Waals surface area contributed by atoms with Crippen molar-refractivity contribution in [1.82, 2.24) is 9.91 Å². The Morgan fingerprint density at radius 1 is 1.11 bits per heavy atom. The number of carbonyl (C=O) groups excluding carboxylic acids is 1. The lowest BCUT2D eigenvalue weighted by molar-refractivity contribution is -0.142. The van der Waals surface area contributed by atoms with Crippen molar-refractivity contribution < 1.29 is 13.6 Å². The van der Waals surface area contributed by atoms with Crippen molar-refractivity contribution in [2.75, 3.05) is 13.1 Å². The Kier molecular flexibility index (Phi) is 2.32. The number of rotatable bonds is 1. The summed E-state index contributed by atoms with van der Waals surface area (Å²) in [6, 6.07) is 0.405. The Labute approximate surface area is 110 Å². The molecule has 0 aromatic carbocycles. The molecule has 0 radical (unpaired) electrons. The van der Waals surface area contributed by atoms with E-state index in [-0.39, 0.29) is 23.9 Å². The van der Waals surface area contributed by atoms with E-state index in [1.807, 2.05) is 4.90 Å². The van der Waals surface area contributed by atoms with Gasteiger partial charge in [0.15, 0.2) is 0 Å². The van der Waals surface area contributed by atoms with Crippen LogP contribution in [-0.2, 0) is 4.79 Å². The number of amides is 1. The lowest BCUT2D eigenvalue weighted by atomic mass is 9.99. The molecule has 2 aliphatic carbocycles. The van der Waals surface area contributed by atoms with Crippen molar-refractivity contribution in [2.24, 2.45) is 23.6 Å². The number of nitrogens with zero attached hydrogens (tertiary/aromatic N) is 2. The molecule has 4 aliphatic rings. The number of hydrogen-bond acceptors (Lipinski definition) is 3. The zero-order valence-corrected chi connectivity index (χ0v) is 10.8. The van der Waals surface area contributed by atoms with Crippen molar-refractivity contribution in [3.05, 3.63) is 0 Å². The van der Waals surface area contributed by atoms with Crippen LogP contribution in [0.25, 0.3) is 0 Å². The second kappa shape index (κ2) is 3.67. The summed E-state index contributed by atoms with van der Waals surface area (Å²) in [5, 5.41) is 1.78. The van der Waals surface area contributed by atoms with Crippen LogP contribution in [0.4, 0.5) is 8.78 Å². The number of piperazine rings is 1. The second-order valence-corrected chi connectivity index (χ2v) is 6.64. The van der Waals surface area contributed by atoms with Crippen LogP contribution in [0.5, 0.6) is 0 Å². The highest BCUT2D eigenvalue weighted by Crippen LogP contribution is 2.66. The van der Waals surface area contributed by atoms with E-state index >= 15 is 0 Å². The first-order valence-electron chi connectivity index (χ1n) is 7.18. The first kappa shape index (κ1) is 12.0. The summed E-state index contributed by atoms with van der Waals surface area (Å²) >= 11 is 0. The van der Waals surface area contributed by atoms with E-state index in [9.17, 15) is 13.6 Å². The Bertz CT molecular complexity index is 402. The molecule has 2 saturated carbocycles. The van der Waals surface area contributed by atoms with Gasteiger partial charge < -0.3 is 4.90 Å². The molecule has 2 N–H and O–H groups in total. The highest BCUT2D eigenvalue weighted by Gasteiger charge is 2.72. The minimum absolute atomic E-state index is 0.114. The van der Waals surface area contributed by atoms with Crippen LogP contribution in [-0.4, -0.2) is 46.9 Å². The van der Waals surface area contributed by atoms with Crippen molar-refractivity contribution in [1.29, 1.82) is 0 Å². The number of hydrazine groups is 1. The highest BCUT2D eigenvalue weighted by molar-refractivity contribution is 5.80. The minimum Gasteiger partial charge on any atom is -0.334 e. The number of carbonyl (C=O) groups is 1. The summed E-state index contributed by atoms with van der Waals surface area (Å²) in [7, 11) is 0. The molecule has 4 fully saturated rings. The van der Waals surface area contributed by atoms with Crippen molar-refractivity contribution >= 4 is 5.91 Å². The lowest BCUT2D eigenvalue weighted by Gasteiger charge is -2.40. The zero-order valence-electron chi connectivity index (χ0n) is 10.8. The van der Waals surface area contributed by atoms with E-state index in [0.29, 0.717) is 12.8 Å². The van der Waals surface area contributed by atoms with Gasteiger partial charge in [0.2, 0.25) is 5.91 Å². The van der Waals surface area contributed by atoms with Gasteiger partial charge in [0, 0.05) is 42.9 Å². The van der Waals surface area contributed by atoms with Gasteiger partial charge in [0.25, 0.3) is 5.92 Å². The van der Waals surface area contributed by atoms with Gasteiger partial charge in [-0.25, -0.2) is 13.8 Å². The maximum Gasteiger partial charge on any atom is 0.254 e. The Morgan fingerprint density at radius 2 is 1.63 bits per heavy atom. The van der Waals surface area contributed by atoms with E-state index in [0.717, 1.165) is 25.9 Å². The summed E-state index contributed by atoms with van der Waals surface area (Å²) in [5.74, 6) is 2.26. The third kappa shape index (κ3) is 1.59. The van der Waals surface area contributed by atoms with E-state index in [1.165, 1.54) is 0 Å². The summed E-state index contributed by atoms with van der Waals surface area (Å²) in [6.07, 6.45) is 2.78. The maximum absolute atomic E-state index is 13.2. The highest BCUT2D eigenvalue weighted by atomic mass is 19.3. The molecule has 0 aromatic heterocycles. The maximum atomic E-state index is 13.2. The molecule has 4 nitrogen and oxygen atoms in total. The van der Waals surface area contributed by atoms with Crippen LogP contribution in [0.15, 0.2) is 0 Å². The number of nitrogens with two attached hydrogens (primary N) is 1. The van der Waals surface area contributed by atoms with Crippen LogP contribution >= 0.6 is 0 Å². The topological polar surface area (TPSA) is 49.6 Å². The molecule has 0 aromatic rings. The van der Waals surface area contributed by atoms with Gasteiger partial charge in [-0.1, -0.05) is 0 Å². The summed E-state index contributed by atoms with van der Waals surface area (Å²) < 4.78 is 26.4. The van der Waals surface area contributed by atoms with Gasteiger partial charge >= 0.3 is 0 Å². The quantitative estimate of drug-likeness (QED) is 0.719. The van der Waals surface area contributed by atoms with Crippen molar-refractivity contribution in [2.45, 2.75) is 43.7 Å². The SMILES string of the molecule is NN1CC2CCC(C1)N2C(=O)C1CC2C(C1)C2(F)F. The van der Waals surface area contributed by atoms with Crippen molar-refractivity contribution in [3.63, 3.8) is 0 Å². The molecule has 106 valence electrons. The number of fused-ring (bicyclic) bond motifs is 3. The molecule has 4 atom stereocenters. The average Bonchev–Trinajstić information content (AvgIpc) is 2.74. The van der Waals surface area contributed by atoms with E-state index < -0.39 is 17.8 Å². The number of hydrogen-bond donors (Lipinski definition) is 1. The molecule has 0 spiro atoms. The molecule has 1 amide bonds. The first-order chi connectivity index (χ1) is 8.98. The first-order valence-corrected chi connectivity index (χ1v) is 7.18. The van der Waals surface area contributed by atoms with Gasteiger partial charge in [-0.15, -0.1) is 0 Å². The second-order valence-electron chi connectivity index (χ2n) is 6.64. The van der Waals surface area contributed by atoms with Crippen LogP contribution in [0, 0.1) is 17.8 Å². The van der Waals surface area contributed by atoms with Gasteiger partial charge in [-0.05, 0) is 25.7 Å². The Hall–Kier alpha value is -0.750. The summed E-state index contributed by atoms with van der Waals surface area (Å²) in [5.41, 5.74) is 0. The molecule has 4 rings (SSSR count). The largest absolute Gasteiger partial charge is 0.334 e. The predicted molar refractivity (Wildman–Crippen MR) is 64.1 cm³/mol. The van der Waals surface area contributed by atoms with E-state index in [4.69, 9.17) is 5.84 Å². The third-order valence-corrected chi connectivity index (χ3v) is 5.56. The molecule has 4 unspecified atom stereocenters. The molecule has 19 heavy (non-hydrogen) atoms. The van der Waals surface area contributed by atoms with Gasteiger partial charge in [0.05, 0.1) is 0 Å². The third-order valence-electron chi connectivity index (χ3n) is 5.56.